The van der Waals surface area contributed by atoms with Crippen LogP contribution in [0.25, 0.3) is 11.1 Å². The zero-order chi connectivity index (χ0) is 21.1. The normalized spacial score (nSPS) is 14.3. The highest BCUT2D eigenvalue weighted by Gasteiger charge is 2.21. The minimum atomic E-state index is -0.580. The number of nitro groups is 1. The lowest BCUT2D eigenvalue weighted by atomic mass is 10.2. The maximum atomic E-state index is 12.5. The van der Waals surface area contributed by atoms with Crippen molar-refractivity contribution in [2.45, 2.75) is 19.4 Å². The SMILES string of the molecule is O=C(CCCn1c(=O)oc2cc([N+](=O)[O-])ccc21)N1CCN(c2ccncc2)CC1. The van der Waals surface area contributed by atoms with Crippen LogP contribution in [0.1, 0.15) is 12.8 Å². The van der Waals surface area contributed by atoms with E-state index in [4.69, 9.17) is 4.42 Å². The molecule has 3 aromatic rings. The van der Waals surface area contributed by atoms with Crippen LogP contribution < -0.4 is 10.7 Å². The van der Waals surface area contributed by atoms with E-state index in [0.717, 1.165) is 18.8 Å². The zero-order valence-corrected chi connectivity index (χ0v) is 16.3. The van der Waals surface area contributed by atoms with Crippen molar-refractivity contribution in [3.8, 4) is 0 Å². The molecule has 1 saturated heterocycles. The maximum absolute atomic E-state index is 12.5. The number of nitrogens with zero attached hydrogens (tertiary/aromatic N) is 5. The molecule has 10 nitrogen and oxygen atoms in total. The average Bonchev–Trinajstić information content (AvgIpc) is 3.08. The maximum Gasteiger partial charge on any atom is 0.419 e. The molecule has 0 unspecified atom stereocenters. The van der Waals surface area contributed by atoms with Crippen LogP contribution in [0.2, 0.25) is 0 Å². The number of oxazole rings is 1. The Hall–Kier alpha value is -3.69. The predicted octanol–water partition coefficient (Wildman–Crippen LogP) is 2.03. The number of aromatic nitrogens is 2. The Morgan fingerprint density at radius 2 is 1.87 bits per heavy atom. The Bertz CT molecular complexity index is 1120. The standard InChI is InChI=1S/C20H21N5O5/c26-19(23-12-10-22(11-13-23)15-5-7-21-8-6-15)2-1-9-24-17-4-3-16(25(28)29)14-18(17)30-20(24)27/h3-8,14H,1-2,9-13H2. The molecule has 0 N–H and O–H groups in total. The molecule has 0 spiro atoms. The Morgan fingerprint density at radius 3 is 2.57 bits per heavy atom. The number of rotatable bonds is 6. The molecule has 1 aromatic carbocycles. The van der Waals surface area contributed by atoms with Crippen LogP contribution >= 0.6 is 0 Å². The summed E-state index contributed by atoms with van der Waals surface area (Å²) in [6.07, 6.45) is 4.31. The van der Waals surface area contributed by atoms with E-state index in [1.54, 1.807) is 12.4 Å². The molecule has 4 rings (SSSR count). The van der Waals surface area contributed by atoms with Gasteiger partial charge in [-0.05, 0) is 24.6 Å². The second-order valence-corrected chi connectivity index (χ2v) is 7.11. The summed E-state index contributed by atoms with van der Waals surface area (Å²) in [5.74, 6) is -0.523. The largest absolute Gasteiger partial charge is 0.419 e. The molecule has 1 fully saturated rings. The first-order valence-corrected chi connectivity index (χ1v) is 9.73. The van der Waals surface area contributed by atoms with Gasteiger partial charge in [-0.25, -0.2) is 4.79 Å². The molecule has 1 aliphatic heterocycles. The third kappa shape index (κ3) is 4.02. The number of hydrogen-bond acceptors (Lipinski definition) is 7. The van der Waals surface area contributed by atoms with E-state index >= 15 is 0 Å². The van der Waals surface area contributed by atoms with Crippen LogP contribution in [-0.2, 0) is 11.3 Å². The summed E-state index contributed by atoms with van der Waals surface area (Å²) >= 11 is 0. The summed E-state index contributed by atoms with van der Waals surface area (Å²) in [6, 6.07) is 7.98. The van der Waals surface area contributed by atoms with Gasteiger partial charge in [-0.15, -0.1) is 0 Å². The average molecular weight is 411 g/mol. The first-order chi connectivity index (χ1) is 14.5. The molecular weight excluding hydrogens is 390 g/mol. The van der Waals surface area contributed by atoms with Crippen LogP contribution in [0, 0.1) is 10.1 Å². The van der Waals surface area contributed by atoms with Gasteiger partial charge >= 0.3 is 5.76 Å². The number of non-ortho nitro benzene ring substituents is 1. The van der Waals surface area contributed by atoms with E-state index < -0.39 is 10.7 Å². The van der Waals surface area contributed by atoms with Gasteiger partial charge in [0, 0.05) is 63.3 Å². The highest BCUT2D eigenvalue weighted by atomic mass is 16.6. The molecular formula is C20H21N5O5. The van der Waals surface area contributed by atoms with Crippen LogP contribution in [0.5, 0.6) is 0 Å². The molecule has 1 amide bonds. The summed E-state index contributed by atoms with van der Waals surface area (Å²) in [6.45, 7) is 3.14. The first-order valence-electron chi connectivity index (χ1n) is 9.73. The number of benzene rings is 1. The Kier molecular flexibility index (Phi) is 5.46. The summed E-state index contributed by atoms with van der Waals surface area (Å²) in [5.41, 5.74) is 1.63. The van der Waals surface area contributed by atoms with Crippen LogP contribution in [0.4, 0.5) is 11.4 Å². The lowest BCUT2D eigenvalue weighted by molar-refractivity contribution is -0.384. The van der Waals surface area contributed by atoms with Crippen LogP contribution in [0.3, 0.4) is 0 Å². The number of anilines is 1. The van der Waals surface area contributed by atoms with Crippen molar-refractivity contribution in [3.63, 3.8) is 0 Å². The number of carbonyl (C=O) groups excluding carboxylic acids is 1. The minimum Gasteiger partial charge on any atom is -0.407 e. The lowest BCUT2D eigenvalue weighted by Crippen LogP contribution is -2.48. The minimum absolute atomic E-state index is 0.0564. The molecule has 0 atom stereocenters. The highest BCUT2D eigenvalue weighted by Crippen LogP contribution is 2.20. The van der Waals surface area contributed by atoms with E-state index in [0.29, 0.717) is 38.0 Å². The van der Waals surface area contributed by atoms with E-state index in [1.807, 2.05) is 17.0 Å². The number of hydrogen-bond donors (Lipinski definition) is 0. The summed E-state index contributed by atoms with van der Waals surface area (Å²) < 4.78 is 6.53. The van der Waals surface area contributed by atoms with Crippen LogP contribution in [0.15, 0.2) is 51.9 Å². The highest BCUT2D eigenvalue weighted by molar-refractivity contribution is 5.77. The number of nitro benzene ring substituents is 1. The molecule has 0 radical (unpaired) electrons. The van der Waals surface area contributed by atoms with Gasteiger partial charge in [-0.3, -0.25) is 24.5 Å². The lowest BCUT2D eigenvalue weighted by Gasteiger charge is -2.36. The van der Waals surface area contributed by atoms with Crippen molar-refractivity contribution in [3.05, 3.63) is 63.4 Å². The Morgan fingerprint density at radius 1 is 1.13 bits per heavy atom. The van der Waals surface area contributed by atoms with Crippen molar-refractivity contribution in [1.82, 2.24) is 14.5 Å². The molecule has 10 heteroatoms. The van der Waals surface area contributed by atoms with Gasteiger partial charge in [0.1, 0.15) is 0 Å². The second-order valence-electron chi connectivity index (χ2n) is 7.11. The number of piperazine rings is 1. The fourth-order valence-electron chi connectivity index (χ4n) is 3.70. The van der Waals surface area contributed by atoms with Gasteiger partial charge in [-0.2, -0.15) is 0 Å². The molecule has 0 bridgehead atoms. The molecule has 0 saturated carbocycles. The van der Waals surface area contributed by atoms with Gasteiger partial charge in [0.15, 0.2) is 5.58 Å². The van der Waals surface area contributed by atoms with Gasteiger partial charge in [-0.1, -0.05) is 0 Å². The summed E-state index contributed by atoms with van der Waals surface area (Å²) in [7, 11) is 0. The third-order valence-electron chi connectivity index (χ3n) is 5.30. The number of amides is 1. The predicted molar refractivity (Wildman–Crippen MR) is 109 cm³/mol. The number of fused-ring (bicyclic) bond motifs is 1. The molecule has 156 valence electrons. The van der Waals surface area contributed by atoms with Crippen molar-refractivity contribution in [2.75, 3.05) is 31.1 Å². The summed E-state index contributed by atoms with van der Waals surface area (Å²) in [4.78, 5) is 43.1. The van der Waals surface area contributed by atoms with Crippen molar-refractivity contribution >= 4 is 28.4 Å². The number of carbonyl (C=O) groups is 1. The van der Waals surface area contributed by atoms with Crippen molar-refractivity contribution in [2.24, 2.45) is 0 Å². The van der Waals surface area contributed by atoms with Gasteiger partial charge in [0.25, 0.3) is 5.69 Å². The van der Waals surface area contributed by atoms with Crippen molar-refractivity contribution < 1.29 is 14.1 Å². The molecule has 2 aromatic heterocycles. The first kappa shape index (κ1) is 19.6. The van der Waals surface area contributed by atoms with E-state index in [2.05, 4.69) is 9.88 Å². The molecule has 0 aliphatic carbocycles. The third-order valence-corrected chi connectivity index (χ3v) is 5.30. The van der Waals surface area contributed by atoms with E-state index in [-0.39, 0.29) is 17.2 Å². The number of aryl methyl sites for hydroxylation is 1. The Labute approximate surface area is 171 Å². The monoisotopic (exact) mass is 411 g/mol. The zero-order valence-electron chi connectivity index (χ0n) is 16.3. The smallest absolute Gasteiger partial charge is 0.407 e. The Balaban J connectivity index is 1.31. The van der Waals surface area contributed by atoms with Gasteiger partial charge in [0.05, 0.1) is 16.5 Å². The van der Waals surface area contributed by atoms with Crippen molar-refractivity contribution in [1.29, 1.82) is 0 Å². The number of pyridine rings is 1. The van der Waals surface area contributed by atoms with Gasteiger partial charge in [0.2, 0.25) is 5.91 Å². The van der Waals surface area contributed by atoms with E-state index in [1.165, 1.54) is 22.8 Å². The van der Waals surface area contributed by atoms with E-state index in [9.17, 15) is 19.7 Å². The molecule has 3 heterocycles. The van der Waals surface area contributed by atoms with Gasteiger partial charge < -0.3 is 14.2 Å². The second kappa shape index (κ2) is 8.36. The molecule has 30 heavy (non-hydrogen) atoms. The van der Waals surface area contributed by atoms with Crippen LogP contribution in [-0.4, -0.2) is 51.5 Å². The summed E-state index contributed by atoms with van der Waals surface area (Å²) in [5, 5.41) is 10.9. The fourth-order valence-corrected chi connectivity index (χ4v) is 3.70. The quantitative estimate of drug-likeness (QED) is 0.450. The fraction of sp³-hybridized carbons (Fsp3) is 0.350. The molecule has 1 aliphatic rings. The topological polar surface area (TPSA) is 115 Å².